The van der Waals surface area contributed by atoms with Crippen molar-refractivity contribution < 1.29 is 0 Å². The van der Waals surface area contributed by atoms with E-state index in [9.17, 15) is 0 Å². The van der Waals surface area contributed by atoms with E-state index in [-0.39, 0.29) is 0 Å². The maximum atomic E-state index is 5.79. The number of nitrogens with two attached hydrogens (primary N) is 1. The number of benzene rings is 1. The standard InChI is InChI=1S/C15H20N4/c16-12-3-4-13-14(5-6-17-15(13)11-12)18-7-10-19-8-1-2-9-19/h3-6,11H,1-2,7-10,16H2,(H,17,18). The first-order valence-corrected chi connectivity index (χ1v) is 6.93. The Morgan fingerprint density at radius 3 is 2.89 bits per heavy atom. The number of rotatable bonds is 4. The molecule has 1 fully saturated rings. The van der Waals surface area contributed by atoms with E-state index in [2.05, 4.69) is 15.2 Å². The SMILES string of the molecule is Nc1ccc2c(NCCN3CCCC3)ccnc2c1. The summed E-state index contributed by atoms with van der Waals surface area (Å²) in [7, 11) is 0. The number of hydrogen-bond donors (Lipinski definition) is 2. The Morgan fingerprint density at radius 2 is 2.05 bits per heavy atom. The maximum Gasteiger partial charge on any atom is 0.0743 e. The zero-order chi connectivity index (χ0) is 13.1. The normalized spacial score (nSPS) is 16.0. The van der Waals surface area contributed by atoms with E-state index in [4.69, 9.17) is 5.73 Å². The fourth-order valence-electron chi connectivity index (χ4n) is 2.67. The Hall–Kier alpha value is -1.81. The van der Waals surface area contributed by atoms with Crippen molar-refractivity contribution in [1.29, 1.82) is 0 Å². The van der Waals surface area contributed by atoms with Crippen LogP contribution in [0, 0.1) is 0 Å². The van der Waals surface area contributed by atoms with Gasteiger partial charge in [-0.05, 0) is 50.2 Å². The third-order valence-electron chi connectivity index (χ3n) is 3.71. The van der Waals surface area contributed by atoms with Crippen LogP contribution in [-0.2, 0) is 0 Å². The molecule has 1 aliphatic rings. The van der Waals surface area contributed by atoms with Crippen molar-refractivity contribution in [3.8, 4) is 0 Å². The van der Waals surface area contributed by atoms with Crippen LogP contribution in [0.3, 0.4) is 0 Å². The van der Waals surface area contributed by atoms with Crippen LogP contribution in [0.15, 0.2) is 30.5 Å². The van der Waals surface area contributed by atoms with Gasteiger partial charge >= 0.3 is 0 Å². The maximum absolute atomic E-state index is 5.79. The number of nitrogen functional groups attached to an aromatic ring is 1. The quantitative estimate of drug-likeness (QED) is 0.824. The van der Waals surface area contributed by atoms with Gasteiger partial charge in [-0.15, -0.1) is 0 Å². The molecule has 2 heterocycles. The first kappa shape index (κ1) is 12.2. The Bertz CT molecular complexity index is 561. The molecule has 4 heteroatoms. The van der Waals surface area contributed by atoms with Gasteiger partial charge in [-0.2, -0.15) is 0 Å². The summed E-state index contributed by atoms with van der Waals surface area (Å²) in [6.07, 6.45) is 4.52. The van der Waals surface area contributed by atoms with Crippen molar-refractivity contribution in [2.75, 3.05) is 37.2 Å². The number of nitrogens with zero attached hydrogens (tertiary/aromatic N) is 2. The molecule has 1 saturated heterocycles. The van der Waals surface area contributed by atoms with Crippen LogP contribution in [0.25, 0.3) is 10.9 Å². The van der Waals surface area contributed by atoms with Gasteiger partial charge in [0.1, 0.15) is 0 Å². The lowest BCUT2D eigenvalue weighted by Crippen LogP contribution is -2.25. The summed E-state index contributed by atoms with van der Waals surface area (Å²) < 4.78 is 0. The summed E-state index contributed by atoms with van der Waals surface area (Å²) in [5.41, 5.74) is 8.64. The third-order valence-corrected chi connectivity index (χ3v) is 3.71. The summed E-state index contributed by atoms with van der Waals surface area (Å²) >= 11 is 0. The number of hydrogen-bond acceptors (Lipinski definition) is 4. The molecule has 3 rings (SSSR count). The van der Waals surface area contributed by atoms with Crippen LogP contribution in [0.5, 0.6) is 0 Å². The van der Waals surface area contributed by atoms with Crippen LogP contribution < -0.4 is 11.1 Å². The van der Waals surface area contributed by atoms with E-state index < -0.39 is 0 Å². The molecule has 4 nitrogen and oxygen atoms in total. The Morgan fingerprint density at radius 1 is 1.21 bits per heavy atom. The highest BCUT2D eigenvalue weighted by Crippen LogP contribution is 2.23. The molecule has 0 unspecified atom stereocenters. The minimum absolute atomic E-state index is 0.759. The lowest BCUT2D eigenvalue weighted by atomic mass is 10.1. The van der Waals surface area contributed by atoms with E-state index in [1.165, 1.54) is 25.9 Å². The lowest BCUT2D eigenvalue weighted by Gasteiger charge is -2.16. The molecule has 0 amide bonds. The van der Waals surface area contributed by atoms with Gasteiger partial charge in [-0.3, -0.25) is 4.98 Å². The molecule has 1 aromatic heterocycles. The van der Waals surface area contributed by atoms with Crippen molar-refractivity contribution in [3.63, 3.8) is 0 Å². The number of nitrogens with one attached hydrogen (secondary N) is 1. The van der Waals surface area contributed by atoms with Gasteiger partial charge in [0.05, 0.1) is 5.52 Å². The smallest absolute Gasteiger partial charge is 0.0743 e. The Labute approximate surface area is 113 Å². The number of pyridine rings is 1. The zero-order valence-corrected chi connectivity index (χ0v) is 11.1. The molecule has 0 aliphatic carbocycles. The van der Waals surface area contributed by atoms with Gasteiger partial charge < -0.3 is 16.0 Å². The molecule has 0 spiro atoms. The largest absolute Gasteiger partial charge is 0.399 e. The van der Waals surface area contributed by atoms with Gasteiger partial charge in [0, 0.05) is 36.0 Å². The van der Waals surface area contributed by atoms with E-state index in [0.717, 1.165) is 35.4 Å². The Kier molecular flexibility index (Phi) is 3.51. The van der Waals surface area contributed by atoms with Gasteiger partial charge in [0.15, 0.2) is 0 Å². The molecule has 0 bridgehead atoms. The molecule has 100 valence electrons. The second-order valence-corrected chi connectivity index (χ2v) is 5.11. The Balaban J connectivity index is 1.70. The molecule has 3 N–H and O–H groups in total. The first-order valence-electron chi connectivity index (χ1n) is 6.93. The van der Waals surface area contributed by atoms with Gasteiger partial charge in [-0.1, -0.05) is 0 Å². The summed E-state index contributed by atoms with van der Waals surface area (Å²) in [5, 5.41) is 4.65. The average Bonchev–Trinajstić information content (AvgIpc) is 2.92. The van der Waals surface area contributed by atoms with Crippen molar-refractivity contribution in [3.05, 3.63) is 30.5 Å². The lowest BCUT2D eigenvalue weighted by molar-refractivity contribution is 0.353. The van der Waals surface area contributed by atoms with Crippen molar-refractivity contribution in [1.82, 2.24) is 9.88 Å². The van der Waals surface area contributed by atoms with Crippen LogP contribution >= 0.6 is 0 Å². The van der Waals surface area contributed by atoms with Crippen molar-refractivity contribution in [2.45, 2.75) is 12.8 Å². The van der Waals surface area contributed by atoms with Crippen LogP contribution in [0.2, 0.25) is 0 Å². The highest BCUT2D eigenvalue weighted by Gasteiger charge is 2.10. The minimum Gasteiger partial charge on any atom is -0.399 e. The van der Waals surface area contributed by atoms with E-state index >= 15 is 0 Å². The van der Waals surface area contributed by atoms with Gasteiger partial charge in [-0.25, -0.2) is 0 Å². The second kappa shape index (κ2) is 5.45. The average molecular weight is 256 g/mol. The number of anilines is 2. The van der Waals surface area contributed by atoms with Crippen molar-refractivity contribution in [2.24, 2.45) is 0 Å². The van der Waals surface area contributed by atoms with Crippen LogP contribution in [0.1, 0.15) is 12.8 Å². The molecular weight excluding hydrogens is 236 g/mol. The molecular formula is C15H20N4. The number of likely N-dealkylation sites (tertiary alicyclic amines) is 1. The number of fused-ring (bicyclic) bond motifs is 1. The predicted octanol–water partition coefficient (Wildman–Crippen LogP) is 2.32. The highest BCUT2D eigenvalue weighted by molar-refractivity contribution is 5.92. The summed E-state index contributed by atoms with van der Waals surface area (Å²) in [6, 6.07) is 7.91. The van der Waals surface area contributed by atoms with Gasteiger partial charge in [0.2, 0.25) is 0 Å². The molecule has 2 aromatic rings. The van der Waals surface area contributed by atoms with Gasteiger partial charge in [0.25, 0.3) is 0 Å². The first-order chi connectivity index (χ1) is 9.33. The summed E-state index contributed by atoms with van der Waals surface area (Å²) in [4.78, 5) is 6.87. The second-order valence-electron chi connectivity index (χ2n) is 5.11. The topological polar surface area (TPSA) is 54.2 Å². The van der Waals surface area contributed by atoms with E-state index in [1.807, 2.05) is 30.5 Å². The molecule has 0 saturated carbocycles. The van der Waals surface area contributed by atoms with Crippen molar-refractivity contribution >= 4 is 22.3 Å². The van der Waals surface area contributed by atoms with E-state index in [1.54, 1.807) is 0 Å². The molecule has 0 atom stereocenters. The minimum atomic E-state index is 0.759. The molecule has 1 aliphatic heterocycles. The highest BCUT2D eigenvalue weighted by atomic mass is 15.1. The fourth-order valence-corrected chi connectivity index (χ4v) is 2.67. The monoisotopic (exact) mass is 256 g/mol. The summed E-state index contributed by atoms with van der Waals surface area (Å²) in [5.74, 6) is 0. The number of aromatic nitrogens is 1. The summed E-state index contributed by atoms with van der Waals surface area (Å²) in [6.45, 7) is 4.58. The molecule has 19 heavy (non-hydrogen) atoms. The van der Waals surface area contributed by atoms with E-state index in [0.29, 0.717) is 0 Å². The fraction of sp³-hybridized carbons (Fsp3) is 0.400. The third kappa shape index (κ3) is 2.79. The zero-order valence-electron chi connectivity index (χ0n) is 11.1. The molecule has 1 aromatic carbocycles. The molecule has 0 radical (unpaired) electrons. The van der Waals surface area contributed by atoms with Crippen LogP contribution in [-0.4, -0.2) is 36.1 Å². The predicted molar refractivity (Wildman–Crippen MR) is 80.3 cm³/mol. The van der Waals surface area contributed by atoms with Crippen LogP contribution in [0.4, 0.5) is 11.4 Å².